The third-order valence-corrected chi connectivity index (χ3v) is 2.48. The Hall–Kier alpha value is -1.62. The number of ether oxygens (including phenoxy) is 1. The third-order valence-electron chi connectivity index (χ3n) is 2.48. The fourth-order valence-electron chi connectivity index (χ4n) is 1.41. The summed E-state index contributed by atoms with van der Waals surface area (Å²) in [5.41, 5.74) is 0. The maximum atomic E-state index is 12.6. The molecule has 1 aromatic rings. The smallest absolute Gasteiger partial charge is 0.222 e. The van der Waals surface area contributed by atoms with Crippen molar-refractivity contribution in [2.45, 2.75) is 12.8 Å². The minimum atomic E-state index is -0.303. The van der Waals surface area contributed by atoms with Crippen LogP contribution in [0.15, 0.2) is 24.3 Å². The van der Waals surface area contributed by atoms with E-state index in [1.165, 1.54) is 17.0 Å². The van der Waals surface area contributed by atoms with Crippen LogP contribution in [0.3, 0.4) is 0 Å². The number of aliphatic hydroxyl groups excluding tert-OH is 1. The van der Waals surface area contributed by atoms with E-state index >= 15 is 0 Å². The van der Waals surface area contributed by atoms with Crippen LogP contribution in [0.5, 0.6) is 5.75 Å². The lowest BCUT2D eigenvalue weighted by Crippen LogP contribution is -2.29. The van der Waals surface area contributed by atoms with Crippen LogP contribution in [0.4, 0.5) is 4.39 Å². The summed E-state index contributed by atoms with van der Waals surface area (Å²) in [5.74, 6) is 0.266. The van der Waals surface area contributed by atoms with Crippen LogP contribution in [0.1, 0.15) is 12.8 Å². The molecular weight excluding hydrogens is 237 g/mol. The van der Waals surface area contributed by atoms with Crippen LogP contribution in [-0.2, 0) is 4.79 Å². The van der Waals surface area contributed by atoms with Gasteiger partial charge in [0.25, 0.3) is 0 Å². The quantitative estimate of drug-likeness (QED) is 0.750. The Kier molecular flexibility index (Phi) is 6.14. The lowest BCUT2D eigenvalue weighted by molar-refractivity contribution is -0.130. The Morgan fingerprint density at radius 3 is 2.67 bits per heavy atom. The summed E-state index contributed by atoms with van der Waals surface area (Å²) >= 11 is 0. The van der Waals surface area contributed by atoms with Gasteiger partial charge in [-0.15, -0.1) is 0 Å². The van der Waals surface area contributed by atoms with Gasteiger partial charge in [-0.2, -0.15) is 0 Å². The molecule has 0 heterocycles. The molecule has 0 atom stereocenters. The summed E-state index contributed by atoms with van der Waals surface area (Å²) in [6.07, 6.45) is 0.962. The van der Waals surface area contributed by atoms with E-state index in [0.29, 0.717) is 31.7 Å². The van der Waals surface area contributed by atoms with Crippen LogP contribution < -0.4 is 4.74 Å². The monoisotopic (exact) mass is 255 g/mol. The summed E-state index contributed by atoms with van der Waals surface area (Å²) in [4.78, 5) is 13.0. The normalized spacial score (nSPS) is 10.2. The molecule has 5 heteroatoms. The van der Waals surface area contributed by atoms with Crippen molar-refractivity contribution in [2.75, 3.05) is 26.8 Å². The first-order valence-corrected chi connectivity index (χ1v) is 5.86. The molecular formula is C13H18FNO3. The molecule has 0 aliphatic carbocycles. The first kappa shape index (κ1) is 14.4. The third kappa shape index (κ3) is 5.14. The molecule has 0 bridgehead atoms. The van der Waals surface area contributed by atoms with Gasteiger partial charge >= 0.3 is 0 Å². The molecule has 0 aromatic heterocycles. The molecule has 18 heavy (non-hydrogen) atoms. The number of carbonyl (C=O) groups is 1. The van der Waals surface area contributed by atoms with Gasteiger partial charge in [-0.05, 0) is 30.7 Å². The molecule has 4 nitrogen and oxygen atoms in total. The summed E-state index contributed by atoms with van der Waals surface area (Å²) in [5, 5.41) is 8.68. The van der Waals surface area contributed by atoms with Crippen molar-refractivity contribution in [3.8, 4) is 5.75 Å². The Morgan fingerprint density at radius 1 is 1.39 bits per heavy atom. The van der Waals surface area contributed by atoms with Gasteiger partial charge in [0.1, 0.15) is 11.6 Å². The van der Waals surface area contributed by atoms with Crippen LogP contribution >= 0.6 is 0 Å². The largest absolute Gasteiger partial charge is 0.494 e. The number of hydrogen-bond acceptors (Lipinski definition) is 3. The molecule has 0 saturated heterocycles. The highest BCUT2D eigenvalue weighted by molar-refractivity contribution is 5.75. The SMILES string of the molecule is CN(CCO)C(=O)CCCOc1ccc(F)cc1. The minimum absolute atomic E-state index is 0.0215. The summed E-state index contributed by atoms with van der Waals surface area (Å²) in [6.45, 7) is 0.719. The van der Waals surface area contributed by atoms with Gasteiger partial charge in [0.05, 0.1) is 13.2 Å². The highest BCUT2D eigenvalue weighted by atomic mass is 19.1. The zero-order valence-corrected chi connectivity index (χ0v) is 10.4. The number of hydrogen-bond donors (Lipinski definition) is 1. The second-order valence-electron chi connectivity index (χ2n) is 3.94. The summed E-state index contributed by atoms with van der Waals surface area (Å²) in [7, 11) is 1.65. The van der Waals surface area contributed by atoms with Crippen molar-refractivity contribution in [1.82, 2.24) is 4.90 Å². The number of rotatable bonds is 7. The van der Waals surface area contributed by atoms with Gasteiger partial charge in [-0.25, -0.2) is 4.39 Å². The topological polar surface area (TPSA) is 49.8 Å². The standard InChI is InChI=1S/C13H18FNO3/c1-15(8-9-16)13(17)3-2-10-18-12-6-4-11(14)5-7-12/h4-7,16H,2-3,8-10H2,1H3. The molecule has 1 amide bonds. The van der Waals surface area contributed by atoms with Crippen LogP contribution in [0, 0.1) is 5.82 Å². The maximum Gasteiger partial charge on any atom is 0.222 e. The zero-order valence-electron chi connectivity index (χ0n) is 10.4. The first-order chi connectivity index (χ1) is 8.63. The van der Waals surface area contributed by atoms with Crippen LogP contribution in [-0.4, -0.2) is 42.7 Å². The molecule has 0 saturated carbocycles. The molecule has 1 aromatic carbocycles. The molecule has 1 rings (SSSR count). The van der Waals surface area contributed by atoms with Gasteiger partial charge in [-0.1, -0.05) is 0 Å². The van der Waals surface area contributed by atoms with Gasteiger partial charge in [0.15, 0.2) is 0 Å². The van der Waals surface area contributed by atoms with E-state index in [1.807, 2.05) is 0 Å². The number of likely N-dealkylation sites (N-methyl/N-ethyl adjacent to an activating group) is 1. The Labute approximate surface area is 106 Å². The molecule has 1 N–H and O–H groups in total. The summed E-state index contributed by atoms with van der Waals surface area (Å²) < 4.78 is 18.0. The number of benzene rings is 1. The molecule has 100 valence electrons. The van der Waals surface area contributed by atoms with E-state index in [-0.39, 0.29) is 18.3 Å². The van der Waals surface area contributed by atoms with Gasteiger partial charge in [0, 0.05) is 20.0 Å². The molecule has 0 aliphatic rings. The van der Waals surface area contributed by atoms with E-state index in [1.54, 1.807) is 19.2 Å². The van der Waals surface area contributed by atoms with E-state index < -0.39 is 0 Å². The van der Waals surface area contributed by atoms with Crippen molar-refractivity contribution in [2.24, 2.45) is 0 Å². The van der Waals surface area contributed by atoms with Gasteiger partial charge in [0.2, 0.25) is 5.91 Å². The van der Waals surface area contributed by atoms with E-state index in [0.717, 1.165) is 0 Å². The Morgan fingerprint density at radius 2 is 2.06 bits per heavy atom. The van der Waals surface area contributed by atoms with Crippen molar-refractivity contribution in [3.63, 3.8) is 0 Å². The van der Waals surface area contributed by atoms with E-state index in [4.69, 9.17) is 9.84 Å². The molecule has 0 aliphatic heterocycles. The summed E-state index contributed by atoms with van der Waals surface area (Å²) in [6, 6.07) is 5.76. The average molecular weight is 255 g/mol. The molecule has 0 spiro atoms. The predicted octanol–water partition coefficient (Wildman–Crippen LogP) is 1.44. The lowest BCUT2D eigenvalue weighted by atomic mass is 10.3. The highest BCUT2D eigenvalue weighted by Gasteiger charge is 2.07. The van der Waals surface area contributed by atoms with E-state index in [2.05, 4.69) is 0 Å². The van der Waals surface area contributed by atoms with Gasteiger partial charge < -0.3 is 14.7 Å². The number of amides is 1. The Balaban J connectivity index is 2.18. The minimum Gasteiger partial charge on any atom is -0.494 e. The Bertz CT molecular complexity index is 367. The van der Waals surface area contributed by atoms with Crippen molar-refractivity contribution in [1.29, 1.82) is 0 Å². The van der Waals surface area contributed by atoms with Crippen molar-refractivity contribution < 1.29 is 19.0 Å². The number of nitrogens with zero attached hydrogens (tertiary/aromatic N) is 1. The molecule has 0 radical (unpaired) electrons. The van der Waals surface area contributed by atoms with Crippen molar-refractivity contribution >= 4 is 5.91 Å². The highest BCUT2D eigenvalue weighted by Crippen LogP contribution is 2.11. The van der Waals surface area contributed by atoms with Crippen LogP contribution in [0.25, 0.3) is 0 Å². The average Bonchev–Trinajstić information content (AvgIpc) is 2.36. The number of halogens is 1. The fraction of sp³-hybridized carbons (Fsp3) is 0.462. The second kappa shape index (κ2) is 7.66. The second-order valence-corrected chi connectivity index (χ2v) is 3.94. The number of carbonyl (C=O) groups excluding carboxylic acids is 1. The van der Waals surface area contributed by atoms with Crippen LogP contribution in [0.2, 0.25) is 0 Å². The zero-order chi connectivity index (χ0) is 13.4. The lowest BCUT2D eigenvalue weighted by Gasteiger charge is -2.15. The number of aliphatic hydroxyl groups is 1. The first-order valence-electron chi connectivity index (χ1n) is 5.86. The van der Waals surface area contributed by atoms with E-state index in [9.17, 15) is 9.18 Å². The maximum absolute atomic E-state index is 12.6. The molecule has 0 fully saturated rings. The fourth-order valence-corrected chi connectivity index (χ4v) is 1.41. The van der Waals surface area contributed by atoms with Gasteiger partial charge in [-0.3, -0.25) is 4.79 Å². The predicted molar refractivity (Wildman–Crippen MR) is 65.9 cm³/mol. The molecule has 0 unspecified atom stereocenters. The van der Waals surface area contributed by atoms with Crippen molar-refractivity contribution in [3.05, 3.63) is 30.1 Å².